The van der Waals surface area contributed by atoms with Crippen LogP contribution in [0, 0.1) is 0 Å². The van der Waals surface area contributed by atoms with E-state index in [0.29, 0.717) is 12.8 Å². The van der Waals surface area contributed by atoms with Gasteiger partial charge in [-0.05, 0) is 26.7 Å². The molecule has 0 saturated heterocycles. The second-order valence-corrected chi connectivity index (χ2v) is 4.44. The number of nitrogens with one attached hydrogen (secondary N) is 1. The number of oxime groups is 1. The van der Waals surface area contributed by atoms with E-state index in [2.05, 4.69) is 10.5 Å². The molecule has 6 heteroatoms. The number of nitrogens with two attached hydrogens (primary N) is 1. The van der Waals surface area contributed by atoms with Crippen LogP contribution in [0.15, 0.2) is 5.16 Å². The maximum atomic E-state index is 12.0. The van der Waals surface area contributed by atoms with Crippen LogP contribution in [0.5, 0.6) is 0 Å². The van der Waals surface area contributed by atoms with Gasteiger partial charge in [-0.2, -0.15) is 0 Å². The molecule has 0 aromatic heterocycles. The molecule has 0 saturated carbocycles. The third kappa shape index (κ3) is 3.33. The van der Waals surface area contributed by atoms with Gasteiger partial charge in [0.05, 0.1) is 0 Å². The average molecular weight is 245 g/mol. The third-order valence-electron chi connectivity index (χ3n) is 3.22. The van der Waals surface area contributed by atoms with E-state index in [1.807, 2.05) is 13.8 Å². The number of amidine groups is 1. The molecule has 1 amide bonds. The molecular weight excluding hydrogens is 222 g/mol. The van der Waals surface area contributed by atoms with Crippen LogP contribution < -0.4 is 11.1 Å². The minimum Gasteiger partial charge on any atom is -0.409 e. The molecule has 0 heterocycles. The summed E-state index contributed by atoms with van der Waals surface area (Å²) in [5.41, 5.74) is 3.87. The Bertz CT molecular complexity index is 296. The van der Waals surface area contributed by atoms with Crippen molar-refractivity contribution in [3.05, 3.63) is 0 Å². The van der Waals surface area contributed by atoms with Crippen molar-refractivity contribution < 1.29 is 14.7 Å². The second-order valence-electron chi connectivity index (χ2n) is 4.44. The number of ether oxygens (including phenoxy) is 1. The lowest BCUT2D eigenvalue weighted by atomic mass is 9.90. The minimum absolute atomic E-state index is 0.00255. The van der Waals surface area contributed by atoms with E-state index in [1.54, 1.807) is 13.8 Å². The number of rotatable bonds is 6. The smallest absolute Gasteiger partial charge is 0.252 e. The van der Waals surface area contributed by atoms with Gasteiger partial charge >= 0.3 is 0 Å². The van der Waals surface area contributed by atoms with Crippen molar-refractivity contribution in [2.24, 2.45) is 10.9 Å². The highest BCUT2D eigenvalue weighted by atomic mass is 16.5. The van der Waals surface area contributed by atoms with Gasteiger partial charge in [0.1, 0.15) is 11.1 Å². The molecule has 0 aliphatic rings. The molecule has 0 aliphatic heterocycles. The normalized spacial score (nSPS) is 13.6. The monoisotopic (exact) mass is 245 g/mol. The van der Waals surface area contributed by atoms with Crippen molar-refractivity contribution >= 4 is 11.7 Å². The van der Waals surface area contributed by atoms with Gasteiger partial charge in [-0.25, -0.2) is 0 Å². The Labute approximate surface area is 102 Å². The molecule has 0 aromatic rings. The van der Waals surface area contributed by atoms with Crippen molar-refractivity contribution in [3.8, 4) is 0 Å². The van der Waals surface area contributed by atoms with Crippen LogP contribution in [0.2, 0.25) is 0 Å². The summed E-state index contributed by atoms with van der Waals surface area (Å²) in [6.45, 7) is 7.04. The average Bonchev–Trinajstić information content (AvgIpc) is 2.34. The van der Waals surface area contributed by atoms with Gasteiger partial charge in [-0.3, -0.25) is 4.79 Å². The van der Waals surface area contributed by atoms with Gasteiger partial charge in [0.15, 0.2) is 5.84 Å². The lowest BCUT2D eigenvalue weighted by molar-refractivity contribution is -0.141. The molecule has 0 aliphatic carbocycles. The Morgan fingerprint density at radius 1 is 1.41 bits per heavy atom. The maximum absolute atomic E-state index is 12.0. The van der Waals surface area contributed by atoms with Crippen LogP contribution in [0.4, 0.5) is 0 Å². The topological polar surface area (TPSA) is 96.9 Å². The highest BCUT2D eigenvalue weighted by Crippen LogP contribution is 2.18. The van der Waals surface area contributed by atoms with Crippen molar-refractivity contribution in [3.63, 3.8) is 0 Å². The van der Waals surface area contributed by atoms with E-state index in [9.17, 15) is 4.79 Å². The van der Waals surface area contributed by atoms with Gasteiger partial charge in [-0.1, -0.05) is 19.0 Å². The fourth-order valence-corrected chi connectivity index (χ4v) is 1.41. The van der Waals surface area contributed by atoms with E-state index >= 15 is 0 Å². The quantitative estimate of drug-likeness (QED) is 0.279. The van der Waals surface area contributed by atoms with E-state index in [1.165, 1.54) is 7.11 Å². The van der Waals surface area contributed by atoms with Crippen LogP contribution in [0.3, 0.4) is 0 Å². The molecule has 0 atom stereocenters. The largest absolute Gasteiger partial charge is 0.409 e. The molecule has 17 heavy (non-hydrogen) atoms. The molecule has 0 rings (SSSR count). The van der Waals surface area contributed by atoms with Crippen molar-refractivity contribution in [2.75, 3.05) is 7.11 Å². The molecule has 100 valence electrons. The number of amides is 1. The zero-order valence-electron chi connectivity index (χ0n) is 11.2. The zero-order valence-corrected chi connectivity index (χ0v) is 11.2. The van der Waals surface area contributed by atoms with Crippen LogP contribution in [0.1, 0.15) is 40.5 Å². The summed E-state index contributed by atoms with van der Waals surface area (Å²) in [5, 5.41) is 14.6. The first-order chi connectivity index (χ1) is 7.79. The molecule has 0 radical (unpaired) electrons. The van der Waals surface area contributed by atoms with Crippen molar-refractivity contribution in [2.45, 2.75) is 51.7 Å². The van der Waals surface area contributed by atoms with E-state index < -0.39 is 11.1 Å². The third-order valence-corrected chi connectivity index (χ3v) is 3.22. The Kier molecular flexibility index (Phi) is 5.41. The highest BCUT2D eigenvalue weighted by Gasteiger charge is 2.38. The number of carbonyl (C=O) groups is 1. The Morgan fingerprint density at radius 2 is 1.88 bits per heavy atom. The summed E-state index contributed by atoms with van der Waals surface area (Å²) >= 11 is 0. The Hall–Kier alpha value is -1.30. The molecular formula is C11H23N3O3. The van der Waals surface area contributed by atoms with E-state index in [0.717, 1.165) is 0 Å². The molecule has 0 bridgehead atoms. The van der Waals surface area contributed by atoms with Gasteiger partial charge in [0.25, 0.3) is 5.91 Å². The maximum Gasteiger partial charge on any atom is 0.252 e. The predicted octanol–water partition coefficient (Wildman–Crippen LogP) is 0.833. The molecule has 0 spiro atoms. The van der Waals surface area contributed by atoms with Crippen LogP contribution in [-0.4, -0.2) is 35.2 Å². The number of hydrogen-bond acceptors (Lipinski definition) is 4. The first-order valence-electron chi connectivity index (χ1n) is 5.65. The van der Waals surface area contributed by atoms with Crippen molar-refractivity contribution in [1.29, 1.82) is 0 Å². The highest BCUT2D eigenvalue weighted by molar-refractivity contribution is 5.95. The fourth-order valence-electron chi connectivity index (χ4n) is 1.41. The first kappa shape index (κ1) is 15.7. The van der Waals surface area contributed by atoms with E-state index in [4.69, 9.17) is 15.7 Å². The van der Waals surface area contributed by atoms with Crippen LogP contribution in [-0.2, 0) is 9.53 Å². The molecule has 4 N–H and O–H groups in total. The lowest BCUT2D eigenvalue weighted by Crippen LogP contribution is -2.60. The number of methoxy groups -OCH3 is 1. The molecule has 0 fully saturated rings. The first-order valence-corrected chi connectivity index (χ1v) is 5.65. The minimum atomic E-state index is -0.953. The van der Waals surface area contributed by atoms with Gasteiger partial charge in [-0.15, -0.1) is 0 Å². The molecule has 6 nitrogen and oxygen atoms in total. The van der Waals surface area contributed by atoms with Crippen LogP contribution >= 0.6 is 0 Å². The fraction of sp³-hybridized carbons (Fsp3) is 0.818. The van der Waals surface area contributed by atoms with Crippen LogP contribution in [0.25, 0.3) is 0 Å². The summed E-state index contributed by atoms with van der Waals surface area (Å²) in [6.07, 6.45) is 1.07. The second kappa shape index (κ2) is 5.86. The summed E-state index contributed by atoms with van der Waals surface area (Å²) in [7, 11) is 1.46. The summed E-state index contributed by atoms with van der Waals surface area (Å²) in [6, 6.07) is 0. The lowest BCUT2D eigenvalue weighted by Gasteiger charge is -2.34. The predicted molar refractivity (Wildman–Crippen MR) is 66.0 cm³/mol. The number of carbonyl (C=O) groups excluding carboxylic acids is 1. The zero-order chi connectivity index (χ0) is 13.7. The van der Waals surface area contributed by atoms with E-state index in [-0.39, 0.29) is 11.7 Å². The van der Waals surface area contributed by atoms with Gasteiger partial charge < -0.3 is 21.0 Å². The standard InChI is InChI=1S/C11H23N3O3/c1-6-11(7-2,8(12)14-16)13-9(15)10(3,4)17-5/h16H,6-7H2,1-5H3,(H2,12,14)(H,13,15). The van der Waals surface area contributed by atoms with Crippen molar-refractivity contribution in [1.82, 2.24) is 5.32 Å². The Morgan fingerprint density at radius 3 is 2.18 bits per heavy atom. The number of nitrogens with zero attached hydrogens (tertiary/aromatic N) is 1. The Balaban J connectivity index is 5.09. The summed E-state index contributed by atoms with van der Waals surface area (Å²) in [4.78, 5) is 12.0. The molecule has 0 aromatic carbocycles. The molecule has 0 unspecified atom stereocenters. The van der Waals surface area contributed by atoms with Gasteiger partial charge in [0, 0.05) is 7.11 Å². The van der Waals surface area contributed by atoms with Gasteiger partial charge in [0.2, 0.25) is 0 Å². The SMILES string of the molecule is CCC(CC)(NC(=O)C(C)(C)OC)C(N)=NO. The summed E-state index contributed by atoms with van der Waals surface area (Å²) in [5.74, 6) is -0.293. The summed E-state index contributed by atoms with van der Waals surface area (Å²) < 4.78 is 5.09. The number of hydrogen-bond donors (Lipinski definition) is 3.